The zero-order chi connectivity index (χ0) is 19.5. The maximum Gasteiger partial charge on any atom is 0.416 e. The first-order chi connectivity index (χ1) is 12.8. The summed E-state index contributed by atoms with van der Waals surface area (Å²) in [7, 11) is 0. The quantitative estimate of drug-likeness (QED) is 0.859. The molecule has 1 aliphatic heterocycles. The van der Waals surface area contributed by atoms with E-state index in [1.54, 1.807) is 6.07 Å². The van der Waals surface area contributed by atoms with Gasteiger partial charge in [-0.2, -0.15) is 13.2 Å². The van der Waals surface area contributed by atoms with Crippen molar-refractivity contribution in [3.05, 3.63) is 70.8 Å². The summed E-state index contributed by atoms with van der Waals surface area (Å²) >= 11 is 0. The highest BCUT2D eigenvalue weighted by Crippen LogP contribution is 2.35. The van der Waals surface area contributed by atoms with Gasteiger partial charge < -0.3 is 10.1 Å². The van der Waals surface area contributed by atoms with E-state index in [9.17, 15) is 18.0 Å². The Labute approximate surface area is 156 Å². The number of halogens is 3. The molecule has 0 bridgehead atoms. The Morgan fingerprint density at radius 1 is 1.11 bits per heavy atom. The number of hydrogen-bond acceptors (Lipinski definition) is 2. The van der Waals surface area contributed by atoms with Crippen molar-refractivity contribution < 1.29 is 22.7 Å². The Morgan fingerprint density at radius 2 is 1.78 bits per heavy atom. The van der Waals surface area contributed by atoms with Crippen molar-refractivity contribution in [2.45, 2.75) is 37.9 Å². The molecule has 2 aromatic carbocycles. The smallest absolute Gasteiger partial charge is 0.381 e. The van der Waals surface area contributed by atoms with Gasteiger partial charge in [0.05, 0.1) is 11.0 Å². The van der Waals surface area contributed by atoms with Gasteiger partial charge in [0.2, 0.25) is 5.91 Å². The molecule has 0 aliphatic carbocycles. The fraction of sp³-hybridized carbons (Fsp3) is 0.381. The first kappa shape index (κ1) is 19.4. The molecule has 27 heavy (non-hydrogen) atoms. The summed E-state index contributed by atoms with van der Waals surface area (Å²) in [5.74, 6) is -0.174. The van der Waals surface area contributed by atoms with Crippen molar-refractivity contribution in [3.8, 4) is 0 Å². The fourth-order valence-corrected chi connectivity index (χ4v) is 3.45. The Bertz CT molecular complexity index is 794. The third-order valence-electron chi connectivity index (χ3n) is 5.09. The summed E-state index contributed by atoms with van der Waals surface area (Å²) in [4.78, 5) is 13.1. The van der Waals surface area contributed by atoms with Crippen molar-refractivity contribution in [1.29, 1.82) is 0 Å². The molecule has 1 aliphatic rings. The second-order valence-electron chi connectivity index (χ2n) is 6.94. The molecule has 0 spiro atoms. The molecule has 1 fully saturated rings. The zero-order valence-corrected chi connectivity index (χ0v) is 15.1. The highest BCUT2D eigenvalue weighted by molar-refractivity contribution is 5.88. The molecule has 1 heterocycles. The summed E-state index contributed by atoms with van der Waals surface area (Å²) in [6, 6.07) is 12.9. The lowest BCUT2D eigenvalue weighted by Crippen LogP contribution is -2.47. The van der Waals surface area contributed by atoms with Crippen molar-refractivity contribution in [2.24, 2.45) is 0 Å². The maximum absolute atomic E-state index is 13.1. The summed E-state index contributed by atoms with van der Waals surface area (Å²) in [6.07, 6.45) is -3.31. The number of hydrogen-bond donors (Lipinski definition) is 1. The maximum atomic E-state index is 13.1. The number of rotatable bonds is 4. The largest absolute Gasteiger partial charge is 0.416 e. The molecule has 3 rings (SSSR count). The highest BCUT2D eigenvalue weighted by Gasteiger charge is 2.41. The topological polar surface area (TPSA) is 38.3 Å². The summed E-state index contributed by atoms with van der Waals surface area (Å²) in [5, 5.41) is 2.84. The van der Waals surface area contributed by atoms with Crippen LogP contribution in [0.15, 0.2) is 48.5 Å². The van der Waals surface area contributed by atoms with Crippen LogP contribution in [0.25, 0.3) is 0 Å². The minimum Gasteiger partial charge on any atom is -0.381 e. The van der Waals surface area contributed by atoms with Gasteiger partial charge in [-0.1, -0.05) is 42.0 Å². The lowest BCUT2D eigenvalue weighted by molar-refractivity contribution is -0.137. The van der Waals surface area contributed by atoms with Gasteiger partial charge in [-0.15, -0.1) is 0 Å². The number of amides is 1. The Balaban J connectivity index is 1.79. The van der Waals surface area contributed by atoms with E-state index in [4.69, 9.17) is 4.74 Å². The first-order valence-electron chi connectivity index (χ1n) is 8.91. The Morgan fingerprint density at radius 3 is 2.41 bits per heavy atom. The summed E-state index contributed by atoms with van der Waals surface area (Å²) in [6.45, 7) is 2.99. The van der Waals surface area contributed by atoms with Crippen molar-refractivity contribution in [2.75, 3.05) is 13.2 Å². The third kappa shape index (κ3) is 4.33. The minimum absolute atomic E-state index is 0.0528. The van der Waals surface area contributed by atoms with Crippen LogP contribution in [0.3, 0.4) is 0 Å². The molecule has 1 amide bonds. The van der Waals surface area contributed by atoms with Crippen LogP contribution in [0, 0.1) is 6.92 Å². The zero-order valence-electron chi connectivity index (χ0n) is 15.1. The second kappa shape index (κ2) is 7.72. The van der Waals surface area contributed by atoms with Gasteiger partial charge in [0, 0.05) is 19.8 Å². The molecule has 1 saturated heterocycles. The molecular weight excluding hydrogens is 355 g/mol. The van der Waals surface area contributed by atoms with Gasteiger partial charge in [-0.3, -0.25) is 4.79 Å². The third-order valence-corrected chi connectivity index (χ3v) is 5.09. The number of aryl methyl sites for hydroxylation is 1. The number of nitrogens with one attached hydrogen (secondary N) is 1. The Hall–Kier alpha value is -2.34. The number of alkyl halides is 3. The van der Waals surface area contributed by atoms with Crippen LogP contribution in [-0.2, 0) is 27.7 Å². The molecule has 3 nitrogen and oxygen atoms in total. The van der Waals surface area contributed by atoms with Gasteiger partial charge in [0.25, 0.3) is 0 Å². The van der Waals surface area contributed by atoms with Gasteiger partial charge in [0.1, 0.15) is 0 Å². The van der Waals surface area contributed by atoms with Crippen LogP contribution in [-0.4, -0.2) is 19.1 Å². The van der Waals surface area contributed by atoms with E-state index in [0.717, 1.165) is 23.3 Å². The van der Waals surface area contributed by atoms with Crippen LogP contribution in [0.2, 0.25) is 0 Å². The summed E-state index contributed by atoms with van der Waals surface area (Å²) in [5.41, 5.74) is 1.01. The van der Waals surface area contributed by atoms with Crippen molar-refractivity contribution in [3.63, 3.8) is 0 Å². The second-order valence-corrected chi connectivity index (χ2v) is 6.94. The van der Waals surface area contributed by atoms with Gasteiger partial charge >= 0.3 is 6.18 Å². The van der Waals surface area contributed by atoms with Crippen LogP contribution in [0.4, 0.5) is 13.2 Å². The number of carbonyl (C=O) groups excluding carboxylic acids is 1. The van der Waals surface area contributed by atoms with E-state index in [1.165, 1.54) is 6.07 Å². The predicted molar refractivity (Wildman–Crippen MR) is 96.2 cm³/mol. The average molecular weight is 377 g/mol. The monoisotopic (exact) mass is 377 g/mol. The molecule has 0 atom stereocenters. The summed E-state index contributed by atoms with van der Waals surface area (Å²) < 4.78 is 44.0. The van der Waals surface area contributed by atoms with Crippen LogP contribution >= 0.6 is 0 Å². The van der Waals surface area contributed by atoms with E-state index >= 15 is 0 Å². The number of ether oxygens (including phenoxy) is 1. The van der Waals surface area contributed by atoms with E-state index in [-0.39, 0.29) is 12.5 Å². The fourth-order valence-electron chi connectivity index (χ4n) is 3.45. The van der Waals surface area contributed by atoms with Crippen LogP contribution in [0.5, 0.6) is 0 Å². The highest BCUT2D eigenvalue weighted by atomic mass is 19.4. The van der Waals surface area contributed by atoms with Crippen LogP contribution in [0.1, 0.15) is 35.1 Å². The van der Waals surface area contributed by atoms with Crippen molar-refractivity contribution in [1.82, 2.24) is 5.32 Å². The molecule has 0 unspecified atom stereocenters. The number of benzene rings is 2. The van der Waals surface area contributed by atoms with E-state index < -0.39 is 17.2 Å². The van der Waals surface area contributed by atoms with Gasteiger partial charge in [-0.25, -0.2) is 0 Å². The van der Waals surface area contributed by atoms with E-state index in [2.05, 4.69) is 5.32 Å². The average Bonchev–Trinajstić information content (AvgIpc) is 2.66. The standard InChI is InChI=1S/C21H22F3NO2/c1-15-5-7-17(8-6-15)20(9-11-27-12-10-20)19(26)25-14-16-3-2-4-18(13-16)21(22,23)24/h2-8,13H,9-12,14H2,1H3,(H,25,26). The van der Waals surface area contributed by atoms with E-state index in [0.29, 0.717) is 31.6 Å². The van der Waals surface area contributed by atoms with E-state index in [1.807, 2.05) is 31.2 Å². The molecule has 0 radical (unpaired) electrons. The molecule has 6 heteroatoms. The van der Waals surface area contributed by atoms with Gasteiger partial charge in [-0.05, 0) is 43.0 Å². The molecule has 0 saturated carbocycles. The Kier molecular flexibility index (Phi) is 5.56. The van der Waals surface area contributed by atoms with Crippen molar-refractivity contribution >= 4 is 5.91 Å². The van der Waals surface area contributed by atoms with Gasteiger partial charge in [0.15, 0.2) is 0 Å². The number of carbonyl (C=O) groups is 1. The SMILES string of the molecule is Cc1ccc(C2(C(=O)NCc3cccc(C(F)(F)F)c3)CCOCC2)cc1. The molecule has 2 aromatic rings. The lowest BCUT2D eigenvalue weighted by Gasteiger charge is -2.36. The normalized spacial score (nSPS) is 16.7. The molecule has 144 valence electrons. The minimum atomic E-state index is -4.40. The lowest BCUT2D eigenvalue weighted by atomic mass is 9.73. The molecule has 1 N–H and O–H groups in total. The molecular formula is C21H22F3NO2. The van der Waals surface area contributed by atoms with Crippen LogP contribution < -0.4 is 5.32 Å². The first-order valence-corrected chi connectivity index (χ1v) is 8.91. The molecule has 0 aromatic heterocycles. The predicted octanol–water partition coefficient (Wildman–Crippen LogP) is 4.38.